The second-order valence-electron chi connectivity index (χ2n) is 4.97. The fraction of sp³-hybridized carbons (Fsp3) is 0.125. The predicted octanol–water partition coefficient (Wildman–Crippen LogP) is 2.98. The molecule has 6 nitrogen and oxygen atoms in total. The first kappa shape index (κ1) is 13.9. The molecule has 0 atom stereocenters. The van der Waals surface area contributed by atoms with Crippen molar-refractivity contribution in [3.63, 3.8) is 0 Å². The molecule has 3 rings (SSSR count). The number of furan rings is 1. The third-order valence-corrected chi connectivity index (χ3v) is 3.36. The minimum Gasteiger partial charge on any atom is -0.463 e. The molecule has 1 aromatic carbocycles. The smallest absolute Gasteiger partial charge is 0.272 e. The lowest BCUT2D eigenvalue weighted by Gasteiger charge is -2.07. The van der Waals surface area contributed by atoms with Gasteiger partial charge in [-0.05, 0) is 24.3 Å². The first-order chi connectivity index (χ1) is 10.5. The number of nitrogens with zero attached hydrogens (tertiary/aromatic N) is 1. The monoisotopic (exact) mass is 297 g/mol. The molecule has 3 aromatic rings. The molecule has 0 aliphatic carbocycles. The van der Waals surface area contributed by atoms with E-state index in [1.54, 1.807) is 41.2 Å². The molecular formula is C16H15N3O3. The Balaban J connectivity index is 1.77. The van der Waals surface area contributed by atoms with Crippen molar-refractivity contribution in [3.8, 4) is 0 Å². The fourth-order valence-corrected chi connectivity index (χ4v) is 2.30. The zero-order chi connectivity index (χ0) is 15.7. The molecule has 2 amide bonds. The van der Waals surface area contributed by atoms with Gasteiger partial charge in [-0.25, -0.2) is 0 Å². The first-order valence-corrected chi connectivity index (χ1v) is 6.76. The van der Waals surface area contributed by atoms with E-state index in [1.807, 2.05) is 13.1 Å². The quantitative estimate of drug-likeness (QED) is 0.780. The van der Waals surface area contributed by atoms with Crippen LogP contribution in [0.2, 0.25) is 0 Å². The van der Waals surface area contributed by atoms with Gasteiger partial charge in [0.05, 0.1) is 11.8 Å². The van der Waals surface area contributed by atoms with Crippen molar-refractivity contribution in [1.29, 1.82) is 0 Å². The van der Waals surface area contributed by atoms with E-state index in [4.69, 9.17) is 4.42 Å². The fourth-order valence-electron chi connectivity index (χ4n) is 2.30. The molecule has 112 valence electrons. The highest BCUT2D eigenvalue weighted by Crippen LogP contribution is 2.21. The number of fused-ring (bicyclic) bond motifs is 1. The van der Waals surface area contributed by atoms with Crippen molar-refractivity contribution in [1.82, 2.24) is 4.57 Å². The molecule has 2 heterocycles. The van der Waals surface area contributed by atoms with Crippen LogP contribution in [0.3, 0.4) is 0 Å². The molecule has 0 saturated carbocycles. The Morgan fingerprint density at radius 1 is 1.05 bits per heavy atom. The molecule has 2 N–H and O–H groups in total. The van der Waals surface area contributed by atoms with Gasteiger partial charge in [0.2, 0.25) is 5.91 Å². The van der Waals surface area contributed by atoms with Crippen molar-refractivity contribution >= 4 is 34.3 Å². The predicted molar refractivity (Wildman–Crippen MR) is 83.9 cm³/mol. The zero-order valence-electron chi connectivity index (χ0n) is 12.2. The van der Waals surface area contributed by atoms with Crippen molar-refractivity contribution in [3.05, 3.63) is 48.4 Å². The van der Waals surface area contributed by atoms with Crippen LogP contribution >= 0.6 is 0 Å². The van der Waals surface area contributed by atoms with Gasteiger partial charge in [0.25, 0.3) is 5.91 Å². The average Bonchev–Trinajstić information content (AvgIpc) is 3.04. The van der Waals surface area contributed by atoms with Crippen molar-refractivity contribution in [2.45, 2.75) is 6.92 Å². The van der Waals surface area contributed by atoms with Crippen LogP contribution in [-0.4, -0.2) is 16.4 Å². The van der Waals surface area contributed by atoms with Gasteiger partial charge in [-0.15, -0.1) is 0 Å². The highest BCUT2D eigenvalue weighted by molar-refractivity contribution is 6.05. The van der Waals surface area contributed by atoms with Crippen LogP contribution in [0.15, 0.2) is 47.1 Å². The number of hydrogen-bond acceptors (Lipinski definition) is 3. The van der Waals surface area contributed by atoms with Gasteiger partial charge in [-0.2, -0.15) is 0 Å². The second-order valence-corrected chi connectivity index (χ2v) is 4.97. The van der Waals surface area contributed by atoms with E-state index in [0.29, 0.717) is 22.7 Å². The van der Waals surface area contributed by atoms with Gasteiger partial charge >= 0.3 is 0 Å². The van der Waals surface area contributed by atoms with Crippen molar-refractivity contribution < 1.29 is 14.0 Å². The van der Waals surface area contributed by atoms with Gasteiger partial charge in [0, 0.05) is 37.5 Å². The average molecular weight is 297 g/mol. The van der Waals surface area contributed by atoms with Crippen LogP contribution < -0.4 is 10.6 Å². The Morgan fingerprint density at radius 3 is 2.27 bits per heavy atom. The number of anilines is 2. The minimum atomic E-state index is -0.221. The number of aromatic nitrogens is 1. The number of carbonyl (C=O) groups excluding carboxylic acids is 2. The molecule has 0 radical (unpaired) electrons. The molecule has 0 bridgehead atoms. The molecule has 0 saturated heterocycles. The minimum absolute atomic E-state index is 0.136. The van der Waals surface area contributed by atoms with E-state index < -0.39 is 0 Å². The summed E-state index contributed by atoms with van der Waals surface area (Å²) in [5.41, 5.74) is 3.39. The van der Waals surface area contributed by atoms with E-state index in [-0.39, 0.29) is 11.8 Å². The molecule has 22 heavy (non-hydrogen) atoms. The maximum absolute atomic E-state index is 12.3. The van der Waals surface area contributed by atoms with E-state index in [1.165, 1.54) is 6.92 Å². The summed E-state index contributed by atoms with van der Waals surface area (Å²) >= 11 is 0. The Hall–Kier alpha value is -3.02. The summed E-state index contributed by atoms with van der Waals surface area (Å²) < 4.78 is 7.07. The van der Waals surface area contributed by atoms with E-state index >= 15 is 0 Å². The van der Waals surface area contributed by atoms with Gasteiger partial charge < -0.3 is 19.6 Å². The maximum Gasteiger partial charge on any atom is 0.272 e. The van der Waals surface area contributed by atoms with E-state index in [0.717, 1.165) is 5.52 Å². The maximum atomic E-state index is 12.3. The van der Waals surface area contributed by atoms with Gasteiger partial charge in [0.1, 0.15) is 5.69 Å². The molecular weight excluding hydrogens is 282 g/mol. The van der Waals surface area contributed by atoms with Crippen LogP contribution in [0.25, 0.3) is 11.1 Å². The molecule has 0 aliphatic heterocycles. The number of rotatable bonds is 3. The molecule has 6 heteroatoms. The van der Waals surface area contributed by atoms with Gasteiger partial charge in [-0.3, -0.25) is 9.59 Å². The summed E-state index contributed by atoms with van der Waals surface area (Å²) in [6.45, 7) is 1.45. The lowest BCUT2D eigenvalue weighted by molar-refractivity contribution is -0.114. The van der Waals surface area contributed by atoms with Gasteiger partial charge in [-0.1, -0.05) is 0 Å². The number of aryl methyl sites for hydroxylation is 1. The SMILES string of the molecule is CC(=O)Nc1ccc(NC(=O)c2cc3occc3n2C)cc1. The highest BCUT2D eigenvalue weighted by Gasteiger charge is 2.15. The zero-order valence-corrected chi connectivity index (χ0v) is 12.2. The van der Waals surface area contributed by atoms with E-state index in [9.17, 15) is 9.59 Å². The van der Waals surface area contributed by atoms with Crippen LogP contribution in [-0.2, 0) is 11.8 Å². The summed E-state index contributed by atoms with van der Waals surface area (Å²) in [4.78, 5) is 23.3. The molecule has 0 aliphatic rings. The molecule has 0 unspecified atom stereocenters. The Morgan fingerprint density at radius 2 is 1.68 bits per heavy atom. The topological polar surface area (TPSA) is 76.3 Å². The summed E-state index contributed by atoms with van der Waals surface area (Å²) in [5.74, 6) is -0.357. The van der Waals surface area contributed by atoms with Crippen LogP contribution in [0.1, 0.15) is 17.4 Å². The summed E-state index contributed by atoms with van der Waals surface area (Å²) in [5, 5.41) is 5.49. The standard InChI is InChI=1S/C16H15N3O3/c1-10(20)17-11-3-5-12(6-4-11)18-16(21)14-9-15-13(19(14)2)7-8-22-15/h3-9H,1-2H3,(H,17,20)(H,18,21). The number of nitrogens with one attached hydrogen (secondary N) is 2. The lowest BCUT2D eigenvalue weighted by atomic mass is 10.2. The van der Waals surface area contributed by atoms with E-state index in [2.05, 4.69) is 10.6 Å². The molecule has 2 aromatic heterocycles. The summed E-state index contributed by atoms with van der Waals surface area (Å²) in [6, 6.07) is 10.4. The van der Waals surface area contributed by atoms with Crippen molar-refractivity contribution in [2.75, 3.05) is 10.6 Å². The Labute approximate surface area is 126 Å². The number of amides is 2. The number of carbonyl (C=O) groups is 2. The number of hydrogen-bond donors (Lipinski definition) is 2. The second kappa shape index (κ2) is 5.40. The third-order valence-electron chi connectivity index (χ3n) is 3.36. The first-order valence-electron chi connectivity index (χ1n) is 6.76. The Kier molecular flexibility index (Phi) is 3.42. The lowest BCUT2D eigenvalue weighted by Crippen LogP contribution is -2.15. The van der Waals surface area contributed by atoms with Crippen LogP contribution in [0.5, 0.6) is 0 Å². The Bertz CT molecular complexity index is 843. The van der Waals surface area contributed by atoms with Crippen LogP contribution in [0, 0.1) is 0 Å². The summed E-state index contributed by atoms with van der Waals surface area (Å²) in [7, 11) is 1.81. The molecule has 0 fully saturated rings. The third kappa shape index (κ3) is 2.58. The highest BCUT2D eigenvalue weighted by atomic mass is 16.3. The number of benzene rings is 1. The molecule has 0 spiro atoms. The van der Waals surface area contributed by atoms with Crippen LogP contribution in [0.4, 0.5) is 11.4 Å². The normalized spacial score (nSPS) is 10.6. The largest absolute Gasteiger partial charge is 0.463 e. The van der Waals surface area contributed by atoms with Gasteiger partial charge in [0.15, 0.2) is 5.58 Å². The van der Waals surface area contributed by atoms with Crippen molar-refractivity contribution in [2.24, 2.45) is 7.05 Å². The summed E-state index contributed by atoms with van der Waals surface area (Å²) in [6.07, 6.45) is 1.59.